The Bertz CT molecular complexity index is 3250. The standard InChI is InChI=1S/C58H37N3/c1-3-16-38(17-4-1)39-32-34-40(35-33-39)42-20-13-22-44(36-42)56-59-55(41-18-5-2-6-19-41)60-57(61-56)45-23-14-21-43(37-45)46-27-15-31-53-54(46)49-26-9-12-30-52(49)58(53)50-28-10-7-24-47(50)48-25-8-11-29-51(48)58/h1-37H. The molecule has 0 radical (unpaired) electrons. The van der Waals surface area contributed by atoms with Crippen LogP contribution in [0.2, 0.25) is 0 Å². The van der Waals surface area contributed by atoms with Crippen molar-refractivity contribution in [2.75, 3.05) is 0 Å². The second-order valence-corrected chi connectivity index (χ2v) is 15.9. The average molecular weight is 776 g/mol. The summed E-state index contributed by atoms with van der Waals surface area (Å²) in [5.74, 6) is 1.90. The van der Waals surface area contributed by atoms with E-state index in [0.29, 0.717) is 17.5 Å². The van der Waals surface area contributed by atoms with Gasteiger partial charge in [-0.25, -0.2) is 15.0 Å². The average Bonchev–Trinajstić information content (AvgIpc) is 3.82. The molecule has 2 aliphatic carbocycles. The van der Waals surface area contributed by atoms with Crippen LogP contribution in [-0.4, -0.2) is 15.0 Å². The lowest BCUT2D eigenvalue weighted by molar-refractivity contribution is 0.794. The van der Waals surface area contributed by atoms with Crippen LogP contribution < -0.4 is 0 Å². The van der Waals surface area contributed by atoms with Gasteiger partial charge in [0.1, 0.15) is 0 Å². The maximum absolute atomic E-state index is 5.22. The van der Waals surface area contributed by atoms with E-state index in [4.69, 9.17) is 15.0 Å². The molecular weight excluding hydrogens is 739 g/mol. The number of hydrogen-bond donors (Lipinski definition) is 0. The minimum atomic E-state index is -0.404. The Labute approximate surface area is 355 Å². The van der Waals surface area contributed by atoms with Crippen LogP contribution in [0.15, 0.2) is 224 Å². The van der Waals surface area contributed by atoms with E-state index in [0.717, 1.165) is 33.4 Å². The summed E-state index contributed by atoms with van der Waals surface area (Å²) in [6.45, 7) is 0. The number of hydrogen-bond acceptors (Lipinski definition) is 3. The van der Waals surface area contributed by atoms with Crippen molar-refractivity contribution >= 4 is 0 Å². The van der Waals surface area contributed by atoms with E-state index >= 15 is 0 Å². The molecule has 0 unspecified atom stereocenters. The van der Waals surface area contributed by atoms with Gasteiger partial charge in [-0.3, -0.25) is 0 Å². The topological polar surface area (TPSA) is 38.7 Å². The third-order valence-corrected chi connectivity index (χ3v) is 12.6. The lowest BCUT2D eigenvalue weighted by atomic mass is 9.70. The number of fused-ring (bicyclic) bond motifs is 10. The fourth-order valence-corrected chi connectivity index (χ4v) is 9.88. The molecule has 0 fully saturated rings. The molecule has 1 heterocycles. The molecule has 3 heteroatoms. The Morgan fingerprint density at radius 2 is 0.590 bits per heavy atom. The first-order valence-corrected chi connectivity index (χ1v) is 20.9. The molecule has 61 heavy (non-hydrogen) atoms. The first kappa shape index (κ1) is 35.0. The van der Waals surface area contributed by atoms with Gasteiger partial charge in [0, 0.05) is 16.7 Å². The first-order chi connectivity index (χ1) is 30.2. The Morgan fingerprint density at radius 1 is 0.230 bits per heavy atom. The molecule has 0 N–H and O–H groups in total. The van der Waals surface area contributed by atoms with Crippen molar-refractivity contribution in [3.05, 3.63) is 247 Å². The summed E-state index contributed by atoms with van der Waals surface area (Å²) in [7, 11) is 0. The normalized spacial score (nSPS) is 12.7. The van der Waals surface area contributed by atoms with Crippen molar-refractivity contribution in [2.24, 2.45) is 0 Å². The van der Waals surface area contributed by atoms with Gasteiger partial charge in [0.05, 0.1) is 5.41 Å². The predicted molar refractivity (Wildman–Crippen MR) is 249 cm³/mol. The molecule has 0 saturated carbocycles. The maximum Gasteiger partial charge on any atom is 0.164 e. The van der Waals surface area contributed by atoms with Crippen molar-refractivity contribution in [3.8, 4) is 89.8 Å². The van der Waals surface area contributed by atoms with Crippen LogP contribution in [0, 0.1) is 0 Å². The Balaban J connectivity index is 0.986. The Morgan fingerprint density at radius 3 is 1.20 bits per heavy atom. The van der Waals surface area contributed by atoms with Crippen LogP contribution in [0.25, 0.3) is 89.8 Å². The monoisotopic (exact) mass is 775 g/mol. The summed E-state index contributed by atoms with van der Waals surface area (Å²) >= 11 is 0. The molecule has 0 atom stereocenters. The van der Waals surface area contributed by atoms with Gasteiger partial charge in [-0.05, 0) is 90.0 Å². The van der Waals surface area contributed by atoms with Crippen LogP contribution in [0.5, 0.6) is 0 Å². The van der Waals surface area contributed by atoms with Gasteiger partial charge >= 0.3 is 0 Å². The quantitative estimate of drug-likeness (QED) is 0.169. The van der Waals surface area contributed by atoms with Gasteiger partial charge < -0.3 is 0 Å². The van der Waals surface area contributed by atoms with E-state index in [2.05, 4.69) is 200 Å². The highest BCUT2D eigenvalue weighted by atomic mass is 15.0. The van der Waals surface area contributed by atoms with Crippen LogP contribution >= 0.6 is 0 Å². The summed E-state index contributed by atoms with van der Waals surface area (Å²) in [5.41, 5.74) is 19.8. The number of benzene rings is 9. The SMILES string of the molecule is c1ccc(-c2ccc(-c3cccc(-c4nc(-c5ccccc5)nc(-c5cccc(-c6cccc7c6-c6ccccc6C76c7ccccc7-c7ccccc76)c5)n4)c3)cc2)cc1. The van der Waals surface area contributed by atoms with Crippen molar-refractivity contribution < 1.29 is 0 Å². The van der Waals surface area contributed by atoms with E-state index < -0.39 is 5.41 Å². The van der Waals surface area contributed by atoms with Crippen molar-refractivity contribution in [3.63, 3.8) is 0 Å². The summed E-state index contributed by atoms with van der Waals surface area (Å²) in [6.07, 6.45) is 0. The van der Waals surface area contributed by atoms with E-state index in [1.54, 1.807) is 0 Å². The fraction of sp³-hybridized carbons (Fsp3) is 0.0172. The summed E-state index contributed by atoms with van der Waals surface area (Å²) in [4.78, 5) is 15.5. The lowest BCUT2D eigenvalue weighted by Gasteiger charge is -2.30. The summed E-state index contributed by atoms with van der Waals surface area (Å²) in [5, 5.41) is 0. The van der Waals surface area contributed by atoms with Crippen LogP contribution in [0.4, 0.5) is 0 Å². The third-order valence-electron chi connectivity index (χ3n) is 12.6. The molecule has 0 amide bonds. The van der Waals surface area contributed by atoms with Gasteiger partial charge in [0.15, 0.2) is 17.5 Å². The summed E-state index contributed by atoms with van der Waals surface area (Å²) in [6, 6.07) is 80.4. The van der Waals surface area contributed by atoms with Crippen molar-refractivity contribution in [1.82, 2.24) is 15.0 Å². The highest BCUT2D eigenvalue weighted by Gasteiger charge is 2.51. The molecule has 1 aromatic heterocycles. The highest BCUT2D eigenvalue weighted by Crippen LogP contribution is 2.63. The number of nitrogens with zero attached hydrogens (tertiary/aromatic N) is 3. The Hall–Kier alpha value is -8.01. The van der Waals surface area contributed by atoms with E-state index in [1.807, 2.05) is 24.3 Å². The molecule has 3 nitrogen and oxygen atoms in total. The molecule has 9 aromatic carbocycles. The minimum Gasteiger partial charge on any atom is -0.208 e. The van der Waals surface area contributed by atoms with Gasteiger partial charge in [-0.2, -0.15) is 0 Å². The second-order valence-electron chi connectivity index (χ2n) is 15.9. The molecule has 2 aliphatic rings. The smallest absolute Gasteiger partial charge is 0.164 e. The van der Waals surface area contributed by atoms with Crippen LogP contribution in [0.3, 0.4) is 0 Å². The second kappa shape index (κ2) is 14.1. The fourth-order valence-electron chi connectivity index (χ4n) is 9.88. The first-order valence-electron chi connectivity index (χ1n) is 20.9. The minimum absolute atomic E-state index is 0.404. The predicted octanol–water partition coefficient (Wildman–Crippen LogP) is 14.2. The van der Waals surface area contributed by atoms with Crippen LogP contribution in [0.1, 0.15) is 22.3 Å². The lowest BCUT2D eigenvalue weighted by Crippen LogP contribution is -2.25. The van der Waals surface area contributed by atoms with Gasteiger partial charge in [0.25, 0.3) is 0 Å². The molecule has 12 rings (SSSR count). The third kappa shape index (κ3) is 5.55. The Kier molecular flexibility index (Phi) is 8.07. The molecule has 1 spiro atoms. The molecule has 10 aromatic rings. The molecule has 0 bridgehead atoms. The van der Waals surface area contributed by atoms with E-state index in [-0.39, 0.29) is 0 Å². The van der Waals surface area contributed by atoms with Gasteiger partial charge in [-0.1, -0.05) is 212 Å². The zero-order valence-corrected chi connectivity index (χ0v) is 33.2. The maximum atomic E-state index is 5.22. The van der Waals surface area contributed by atoms with Gasteiger partial charge in [-0.15, -0.1) is 0 Å². The number of rotatable bonds is 6. The highest BCUT2D eigenvalue weighted by molar-refractivity contribution is 6.00. The largest absolute Gasteiger partial charge is 0.208 e. The molecular formula is C58H37N3. The van der Waals surface area contributed by atoms with E-state index in [1.165, 1.54) is 61.2 Å². The van der Waals surface area contributed by atoms with Crippen molar-refractivity contribution in [2.45, 2.75) is 5.41 Å². The number of aromatic nitrogens is 3. The summed E-state index contributed by atoms with van der Waals surface area (Å²) < 4.78 is 0. The molecule has 0 saturated heterocycles. The zero-order chi connectivity index (χ0) is 40.3. The van der Waals surface area contributed by atoms with E-state index in [9.17, 15) is 0 Å². The zero-order valence-electron chi connectivity index (χ0n) is 33.2. The molecule has 0 aliphatic heterocycles. The van der Waals surface area contributed by atoms with Gasteiger partial charge in [0.2, 0.25) is 0 Å². The molecule has 284 valence electrons. The van der Waals surface area contributed by atoms with Crippen LogP contribution in [-0.2, 0) is 5.41 Å². The van der Waals surface area contributed by atoms with Crippen molar-refractivity contribution in [1.29, 1.82) is 0 Å².